The van der Waals surface area contributed by atoms with E-state index in [9.17, 15) is 9.90 Å². The quantitative estimate of drug-likeness (QED) is 0.862. The first-order valence-electron chi connectivity index (χ1n) is 5.37. The zero-order chi connectivity index (χ0) is 12.6. The van der Waals surface area contributed by atoms with Crippen LogP contribution in [-0.2, 0) is 0 Å². The average Bonchev–Trinajstić information content (AvgIpc) is 2.53. The summed E-state index contributed by atoms with van der Waals surface area (Å²) in [5, 5.41) is 9.23. The molecule has 0 saturated carbocycles. The largest absolute Gasteiger partial charge is 0.477 e. The summed E-state index contributed by atoms with van der Waals surface area (Å²) in [6.07, 6.45) is 0. The number of imidazole rings is 1. The topological polar surface area (TPSA) is 55.1 Å². The lowest BCUT2D eigenvalue weighted by Gasteiger charge is -2.08. The summed E-state index contributed by atoms with van der Waals surface area (Å²) in [5.74, 6) is -0.268. The molecule has 0 amide bonds. The van der Waals surface area contributed by atoms with Crippen LogP contribution in [0.2, 0.25) is 0 Å². The third-order valence-electron chi connectivity index (χ3n) is 2.68. The van der Waals surface area contributed by atoms with Gasteiger partial charge in [-0.3, -0.25) is 4.57 Å². The summed E-state index contributed by atoms with van der Waals surface area (Å²) >= 11 is 0. The van der Waals surface area contributed by atoms with E-state index in [2.05, 4.69) is 4.98 Å². The summed E-state index contributed by atoms with van der Waals surface area (Å²) in [7, 11) is 0. The fraction of sp³-hybridized carbons (Fsp3) is 0.231. The Morgan fingerprint density at radius 3 is 2.59 bits per heavy atom. The van der Waals surface area contributed by atoms with E-state index < -0.39 is 5.97 Å². The van der Waals surface area contributed by atoms with Gasteiger partial charge in [0.25, 0.3) is 0 Å². The highest BCUT2D eigenvalue weighted by Gasteiger charge is 2.18. The Hall–Kier alpha value is -2.10. The maximum Gasteiger partial charge on any atom is 0.354 e. The number of carboxylic acids is 1. The van der Waals surface area contributed by atoms with E-state index in [1.807, 2.05) is 38.1 Å². The highest BCUT2D eigenvalue weighted by molar-refractivity contribution is 5.88. The van der Waals surface area contributed by atoms with E-state index in [0.29, 0.717) is 11.5 Å². The first kappa shape index (κ1) is 11.4. The predicted octanol–water partition coefficient (Wildman–Crippen LogP) is 2.50. The number of aromatic carboxylic acids is 1. The molecule has 1 heterocycles. The fourth-order valence-corrected chi connectivity index (χ4v) is 2.00. The van der Waals surface area contributed by atoms with Crippen molar-refractivity contribution in [1.29, 1.82) is 0 Å². The molecule has 0 aliphatic carbocycles. The number of carboxylic acid groups (broad SMARTS) is 1. The minimum absolute atomic E-state index is 0.230. The number of hydrogen-bond acceptors (Lipinski definition) is 2. The molecular formula is C13H14N2O2. The minimum atomic E-state index is -0.954. The van der Waals surface area contributed by atoms with Gasteiger partial charge in [0.15, 0.2) is 5.69 Å². The van der Waals surface area contributed by atoms with E-state index >= 15 is 0 Å². The molecule has 1 aromatic carbocycles. The molecule has 17 heavy (non-hydrogen) atoms. The molecule has 0 fully saturated rings. The molecule has 0 unspecified atom stereocenters. The van der Waals surface area contributed by atoms with Gasteiger partial charge in [-0.15, -0.1) is 0 Å². The van der Waals surface area contributed by atoms with Gasteiger partial charge in [0.05, 0.1) is 5.69 Å². The molecule has 88 valence electrons. The summed E-state index contributed by atoms with van der Waals surface area (Å²) in [4.78, 5) is 15.5. The molecule has 0 saturated heterocycles. The molecule has 2 aromatic rings. The van der Waals surface area contributed by atoms with E-state index in [1.165, 1.54) is 0 Å². The van der Waals surface area contributed by atoms with E-state index in [-0.39, 0.29) is 5.69 Å². The SMILES string of the molecule is Cc1cccc(-n2c(C)nc(C)c2C(=O)O)c1. The van der Waals surface area contributed by atoms with Gasteiger partial charge in [-0.05, 0) is 38.5 Å². The maximum atomic E-state index is 11.3. The van der Waals surface area contributed by atoms with Crippen LogP contribution in [0.5, 0.6) is 0 Å². The van der Waals surface area contributed by atoms with Gasteiger partial charge < -0.3 is 5.11 Å². The van der Waals surface area contributed by atoms with Crippen molar-refractivity contribution >= 4 is 5.97 Å². The van der Waals surface area contributed by atoms with Crippen LogP contribution in [0.15, 0.2) is 24.3 Å². The zero-order valence-electron chi connectivity index (χ0n) is 10.1. The maximum absolute atomic E-state index is 11.3. The van der Waals surface area contributed by atoms with Crippen LogP contribution in [0.4, 0.5) is 0 Å². The fourth-order valence-electron chi connectivity index (χ4n) is 2.00. The Labute approximate surface area is 99.5 Å². The summed E-state index contributed by atoms with van der Waals surface area (Å²) < 4.78 is 1.67. The summed E-state index contributed by atoms with van der Waals surface area (Å²) in [6, 6.07) is 7.71. The highest BCUT2D eigenvalue weighted by Crippen LogP contribution is 2.18. The number of aryl methyl sites for hydroxylation is 3. The van der Waals surface area contributed by atoms with Crippen LogP contribution in [-0.4, -0.2) is 20.6 Å². The second-order valence-electron chi connectivity index (χ2n) is 4.07. The number of carbonyl (C=O) groups is 1. The van der Waals surface area contributed by atoms with Gasteiger partial charge in [-0.1, -0.05) is 12.1 Å². The molecule has 0 radical (unpaired) electrons. The normalized spacial score (nSPS) is 10.5. The lowest BCUT2D eigenvalue weighted by molar-refractivity contribution is 0.0687. The van der Waals surface area contributed by atoms with Gasteiger partial charge in [0, 0.05) is 5.69 Å². The molecular weight excluding hydrogens is 216 g/mol. The van der Waals surface area contributed by atoms with Crippen molar-refractivity contribution in [1.82, 2.24) is 9.55 Å². The van der Waals surface area contributed by atoms with Crippen LogP contribution < -0.4 is 0 Å². The van der Waals surface area contributed by atoms with Gasteiger partial charge in [0.1, 0.15) is 5.82 Å². The first-order chi connectivity index (χ1) is 8.00. The molecule has 0 aliphatic heterocycles. The summed E-state index contributed by atoms with van der Waals surface area (Å²) in [5.41, 5.74) is 2.69. The van der Waals surface area contributed by atoms with Gasteiger partial charge >= 0.3 is 5.97 Å². The van der Waals surface area contributed by atoms with Gasteiger partial charge in [-0.25, -0.2) is 9.78 Å². The number of nitrogens with zero attached hydrogens (tertiary/aromatic N) is 2. The lowest BCUT2D eigenvalue weighted by atomic mass is 10.2. The second-order valence-corrected chi connectivity index (χ2v) is 4.07. The number of hydrogen-bond donors (Lipinski definition) is 1. The van der Waals surface area contributed by atoms with Crippen molar-refractivity contribution in [2.75, 3.05) is 0 Å². The highest BCUT2D eigenvalue weighted by atomic mass is 16.4. The molecule has 0 spiro atoms. The molecule has 0 bridgehead atoms. The number of rotatable bonds is 2. The molecule has 0 aliphatic rings. The van der Waals surface area contributed by atoms with Crippen molar-refractivity contribution in [3.63, 3.8) is 0 Å². The zero-order valence-corrected chi connectivity index (χ0v) is 10.1. The molecule has 1 N–H and O–H groups in total. The Morgan fingerprint density at radius 1 is 1.29 bits per heavy atom. The van der Waals surface area contributed by atoms with Crippen molar-refractivity contribution in [3.05, 3.63) is 47.0 Å². The monoisotopic (exact) mass is 230 g/mol. The Morgan fingerprint density at radius 2 is 2.00 bits per heavy atom. The van der Waals surface area contributed by atoms with Crippen molar-refractivity contribution in [2.24, 2.45) is 0 Å². The van der Waals surface area contributed by atoms with Crippen molar-refractivity contribution in [2.45, 2.75) is 20.8 Å². The van der Waals surface area contributed by atoms with Gasteiger partial charge in [0.2, 0.25) is 0 Å². The van der Waals surface area contributed by atoms with Crippen LogP contribution >= 0.6 is 0 Å². The first-order valence-corrected chi connectivity index (χ1v) is 5.37. The summed E-state index contributed by atoms with van der Waals surface area (Å²) in [6.45, 7) is 5.49. The van der Waals surface area contributed by atoms with Crippen molar-refractivity contribution < 1.29 is 9.90 Å². The second kappa shape index (κ2) is 4.05. The van der Waals surface area contributed by atoms with Crippen LogP contribution in [0.3, 0.4) is 0 Å². The lowest BCUT2D eigenvalue weighted by Crippen LogP contribution is -2.09. The Balaban J connectivity index is 2.70. The van der Waals surface area contributed by atoms with Crippen LogP contribution in [0.1, 0.15) is 27.6 Å². The standard InChI is InChI=1S/C13H14N2O2/c1-8-5-4-6-11(7-8)15-10(3)14-9(2)12(15)13(16)17/h4-7H,1-3H3,(H,16,17). The third kappa shape index (κ3) is 1.93. The number of benzene rings is 1. The predicted molar refractivity (Wildman–Crippen MR) is 64.7 cm³/mol. The van der Waals surface area contributed by atoms with Crippen LogP contribution in [0.25, 0.3) is 5.69 Å². The van der Waals surface area contributed by atoms with Gasteiger partial charge in [-0.2, -0.15) is 0 Å². The molecule has 4 nitrogen and oxygen atoms in total. The smallest absolute Gasteiger partial charge is 0.354 e. The van der Waals surface area contributed by atoms with E-state index in [0.717, 1.165) is 11.3 Å². The Bertz CT molecular complexity index is 585. The molecule has 1 aromatic heterocycles. The third-order valence-corrected chi connectivity index (χ3v) is 2.68. The molecule has 2 rings (SSSR count). The molecule has 0 atom stereocenters. The number of aromatic nitrogens is 2. The molecule has 4 heteroatoms. The average molecular weight is 230 g/mol. The Kier molecular flexibility index (Phi) is 2.71. The van der Waals surface area contributed by atoms with Crippen molar-refractivity contribution in [3.8, 4) is 5.69 Å². The van der Waals surface area contributed by atoms with E-state index in [1.54, 1.807) is 11.5 Å². The minimum Gasteiger partial charge on any atom is -0.477 e. The van der Waals surface area contributed by atoms with Crippen LogP contribution in [0, 0.1) is 20.8 Å². The van der Waals surface area contributed by atoms with E-state index in [4.69, 9.17) is 0 Å².